The second-order valence-electron chi connectivity index (χ2n) is 7.07. The van der Waals surface area contributed by atoms with Crippen LogP contribution in [0.25, 0.3) is 10.1 Å². The van der Waals surface area contributed by atoms with Crippen LogP contribution in [-0.2, 0) is 11.2 Å². The molecule has 1 fully saturated rings. The fourth-order valence-electron chi connectivity index (χ4n) is 3.63. The van der Waals surface area contributed by atoms with Gasteiger partial charge in [-0.3, -0.25) is 0 Å². The Hall–Kier alpha value is -2.00. The lowest BCUT2D eigenvalue weighted by atomic mass is 9.90. The maximum atomic E-state index is 10.3. The van der Waals surface area contributed by atoms with E-state index < -0.39 is 37.1 Å². The van der Waals surface area contributed by atoms with E-state index >= 15 is 0 Å². The van der Waals surface area contributed by atoms with Crippen LogP contribution < -0.4 is 0 Å². The van der Waals surface area contributed by atoms with Crippen LogP contribution in [0, 0.1) is 0 Å². The van der Waals surface area contributed by atoms with Gasteiger partial charge in [0.25, 0.3) is 0 Å². The second kappa shape index (κ2) is 7.79. The number of phenols is 1. The Morgan fingerprint density at radius 1 is 0.929 bits per heavy atom. The molecule has 4 rings (SSSR count). The van der Waals surface area contributed by atoms with Crippen LogP contribution in [0.15, 0.2) is 48.5 Å². The number of hydrogen-bond donors (Lipinski definition) is 5. The van der Waals surface area contributed by atoms with E-state index in [1.54, 1.807) is 23.5 Å². The fourth-order valence-corrected chi connectivity index (χ4v) is 4.72. The van der Waals surface area contributed by atoms with Crippen molar-refractivity contribution in [2.24, 2.45) is 0 Å². The summed E-state index contributed by atoms with van der Waals surface area (Å²) in [5.74, 6) is -0.0792. The molecule has 0 unspecified atom stereocenters. The minimum Gasteiger partial charge on any atom is -0.508 e. The lowest BCUT2D eigenvalue weighted by molar-refractivity contribution is -0.232. The first-order valence-electron chi connectivity index (χ1n) is 9.07. The highest BCUT2D eigenvalue weighted by atomic mass is 32.1. The number of fused-ring (bicyclic) bond motifs is 1. The van der Waals surface area contributed by atoms with Crippen LogP contribution in [-0.4, -0.2) is 56.6 Å². The third-order valence-electron chi connectivity index (χ3n) is 5.15. The van der Waals surface area contributed by atoms with Gasteiger partial charge < -0.3 is 30.3 Å². The molecule has 0 aliphatic carbocycles. The standard InChI is InChI=1S/C21H22O6S/c22-10-16-18(24)19(25)20(26)21(27-16)14-8-11(5-6-15(14)23)7-13-9-12-3-1-2-4-17(12)28-13/h1-6,8-9,16,18-26H,7,10H2/t16-,18-,19+,20-,21+/m1/s1. The number of thiophene rings is 1. The Morgan fingerprint density at radius 3 is 2.46 bits per heavy atom. The average Bonchev–Trinajstić information content (AvgIpc) is 3.10. The summed E-state index contributed by atoms with van der Waals surface area (Å²) in [6.45, 7) is -0.510. The zero-order chi connectivity index (χ0) is 19.8. The minimum atomic E-state index is -1.48. The first-order chi connectivity index (χ1) is 13.5. The van der Waals surface area contributed by atoms with E-state index in [1.807, 2.05) is 12.1 Å². The van der Waals surface area contributed by atoms with Crippen LogP contribution in [0.4, 0.5) is 0 Å². The smallest absolute Gasteiger partial charge is 0.121 e. The van der Waals surface area contributed by atoms with Gasteiger partial charge in [-0.25, -0.2) is 0 Å². The summed E-state index contributed by atoms with van der Waals surface area (Å²) in [4.78, 5) is 1.16. The summed E-state index contributed by atoms with van der Waals surface area (Å²) in [5, 5.41) is 51.2. The van der Waals surface area contributed by atoms with Crippen molar-refractivity contribution in [3.63, 3.8) is 0 Å². The van der Waals surface area contributed by atoms with Crippen LogP contribution in [0.2, 0.25) is 0 Å². The second-order valence-corrected chi connectivity index (χ2v) is 8.24. The Kier molecular flexibility index (Phi) is 5.37. The molecule has 1 aliphatic heterocycles. The molecule has 6 nitrogen and oxygen atoms in total. The molecular weight excluding hydrogens is 380 g/mol. The topological polar surface area (TPSA) is 110 Å². The summed E-state index contributed by atoms with van der Waals surface area (Å²) in [6.07, 6.45) is -5.78. The molecule has 0 radical (unpaired) electrons. The summed E-state index contributed by atoms with van der Waals surface area (Å²) < 4.78 is 6.78. The summed E-state index contributed by atoms with van der Waals surface area (Å²) in [7, 11) is 0. The van der Waals surface area contributed by atoms with E-state index in [0.717, 1.165) is 10.4 Å². The normalized spacial score (nSPS) is 27.9. The quantitative estimate of drug-likeness (QED) is 0.455. The molecule has 0 bridgehead atoms. The third-order valence-corrected chi connectivity index (χ3v) is 6.26. The molecule has 0 amide bonds. The number of aliphatic hydroxyl groups is 4. The molecule has 2 aromatic carbocycles. The lowest BCUT2D eigenvalue weighted by Crippen LogP contribution is -2.55. The Balaban J connectivity index is 1.63. The molecule has 5 atom stereocenters. The van der Waals surface area contributed by atoms with Gasteiger partial charge >= 0.3 is 0 Å². The molecule has 1 aromatic heterocycles. The van der Waals surface area contributed by atoms with E-state index in [0.29, 0.717) is 12.0 Å². The predicted octanol–water partition coefficient (Wildman–Crippen LogP) is 1.71. The minimum absolute atomic E-state index is 0.0792. The van der Waals surface area contributed by atoms with Crippen LogP contribution >= 0.6 is 11.3 Å². The molecule has 1 aliphatic rings. The maximum absolute atomic E-state index is 10.3. The number of benzene rings is 2. The van der Waals surface area contributed by atoms with Crippen LogP contribution in [0.1, 0.15) is 22.1 Å². The number of aliphatic hydroxyl groups excluding tert-OH is 4. The number of phenolic OH excluding ortho intramolecular Hbond substituents is 1. The first-order valence-corrected chi connectivity index (χ1v) is 9.89. The maximum Gasteiger partial charge on any atom is 0.121 e. The van der Waals surface area contributed by atoms with Crippen molar-refractivity contribution in [1.82, 2.24) is 0 Å². The van der Waals surface area contributed by atoms with Gasteiger partial charge in [0.05, 0.1) is 6.61 Å². The predicted molar refractivity (Wildman–Crippen MR) is 105 cm³/mol. The summed E-state index contributed by atoms with van der Waals surface area (Å²) in [5.41, 5.74) is 1.23. The highest BCUT2D eigenvalue weighted by Crippen LogP contribution is 2.37. The first kappa shape index (κ1) is 19.3. The molecule has 148 valence electrons. The molecule has 5 N–H and O–H groups in total. The summed E-state index contributed by atoms with van der Waals surface area (Å²) in [6, 6.07) is 15.3. The zero-order valence-corrected chi connectivity index (χ0v) is 15.8. The highest BCUT2D eigenvalue weighted by Gasteiger charge is 2.44. The molecule has 1 saturated heterocycles. The molecule has 2 heterocycles. The molecule has 0 spiro atoms. The van der Waals surface area contributed by atoms with Gasteiger partial charge in [-0.15, -0.1) is 11.3 Å². The molecule has 3 aromatic rings. The van der Waals surface area contributed by atoms with Gasteiger partial charge in [0.15, 0.2) is 0 Å². The van der Waals surface area contributed by atoms with Crippen molar-refractivity contribution in [2.45, 2.75) is 36.9 Å². The van der Waals surface area contributed by atoms with Gasteiger partial charge in [0.2, 0.25) is 0 Å². The van der Waals surface area contributed by atoms with Crippen molar-refractivity contribution in [3.8, 4) is 5.75 Å². The van der Waals surface area contributed by atoms with Gasteiger partial charge in [0.1, 0.15) is 36.3 Å². The lowest BCUT2D eigenvalue weighted by Gasteiger charge is -2.40. The Labute approximate surface area is 165 Å². The molecular formula is C21H22O6S. The van der Waals surface area contributed by atoms with Crippen molar-refractivity contribution in [3.05, 3.63) is 64.5 Å². The molecule has 7 heteroatoms. The Morgan fingerprint density at radius 2 is 1.71 bits per heavy atom. The summed E-state index contributed by atoms with van der Waals surface area (Å²) >= 11 is 1.69. The Bertz CT molecular complexity index is 935. The average molecular weight is 402 g/mol. The zero-order valence-electron chi connectivity index (χ0n) is 15.0. The number of ether oxygens (including phenoxy) is 1. The number of aromatic hydroxyl groups is 1. The van der Waals surface area contributed by atoms with Gasteiger partial charge in [-0.1, -0.05) is 24.3 Å². The number of rotatable bonds is 4. The monoisotopic (exact) mass is 402 g/mol. The third kappa shape index (κ3) is 3.53. The van der Waals surface area contributed by atoms with E-state index in [9.17, 15) is 25.5 Å². The van der Waals surface area contributed by atoms with E-state index in [1.165, 1.54) is 16.2 Å². The highest BCUT2D eigenvalue weighted by molar-refractivity contribution is 7.19. The fraction of sp³-hybridized carbons (Fsp3) is 0.333. The van der Waals surface area contributed by atoms with Crippen molar-refractivity contribution < 1.29 is 30.3 Å². The van der Waals surface area contributed by atoms with E-state index in [2.05, 4.69) is 18.2 Å². The van der Waals surface area contributed by atoms with Crippen LogP contribution in [0.5, 0.6) is 5.75 Å². The van der Waals surface area contributed by atoms with Crippen molar-refractivity contribution in [1.29, 1.82) is 0 Å². The molecule has 0 saturated carbocycles. The molecule has 28 heavy (non-hydrogen) atoms. The van der Waals surface area contributed by atoms with Crippen molar-refractivity contribution >= 4 is 21.4 Å². The van der Waals surface area contributed by atoms with Gasteiger partial charge in [0, 0.05) is 21.6 Å². The van der Waals surface area contributed by atoms with E-state index in [4.69, 9.17) is 4.74 Å². The van der Waals surface area contributed by atoms with Gasteiger partial charge in [-0.2, -0.15) is 0 Å². The van der Waals surface area contributed by atoms with Crippen molar-refractivity contribution in [2.75, 3.05) is 6.61 Å². The SMILES string of the molecule is OC[C@H]1O[C@@H](c2cc(Cc3cc4ccccc4s3)ccc2O)[C@H](O)[C@@H](O)[C@@H]1O. The largest absolute Gasteiger partial charge is 0.508 e. The number of hydrogen-bond acceptors (Lipinski definition) is 7. The van der Waals surface area contributed by atoms with Crippen LogP contribution in [0.3, 0.4) is 0 Å². The van der Waals surface area contributed by atoms with E-state index in [-0.39, 0.29) is 5.75 Å². The van der Waals surface area contributed by atoms with Gasteiger partial charge in [-0.05, 0) is 35.2 Å².